The van der Waals surface area contributed by atoms with Crippen LogP contribution in [-0.2, 0) is 20.8 Å². The third-order valence-electron chi connectivity index (χ3n) is 9.29. The van der Waals surface area contributed by atoms with E-state index in [1.54, 1.807) is 6.92 Å². The summed E-state index contributed by atoms with van der Waals surface area (Å²) >= 11 is 0. The fourth-order valence-electron chi connectivity index (χ4n) is 7.16. The molecule has 1 unspecified atom stereocenters. The zero-order valence-corrected chi connectivity index (χ0v) is 23.0. The molecule has 39 heavy (non-hydrogen) atoms. The summed E-state index contributed by atoms with van der Waals surface area (Å²) < 4.78 is 0. The quantitative estimate of drug-likeness (QED) is 0.346. The number of benzene rings is 1. The van der Waals surface area contributed by atoms with Gasteiger partial charge in [0.05, 0.1) is 6.10 Å². The first-order chi connectivity index (χ1) is 18.6. The van der Waals surface area contributed by atoms with E-state index in [2.05, 4.69) is 10.3 Å². The lowest BCUT2D eigenvalue weighted by atomic mass is 9.54. The molecule has 4 N–H and O–H groups in total. The minimum Gasteiger partial charge on any atom is -0.388 e. The van der Waals surface area contributed by atoms with Crippen molar-refractivity contribution >= 4 is 28.4 Å². The summed E-state index contributed by atoms with van der Waals surface area (Å²) in [4.78, 5) is 44.5. The summed E-state index contributed by atoms with van der Waals surface area (Å²) in [6.45, 7) is 7.50. The zero-order valence-electron chi connectivity index (χ0n) is 23.0. The fourth-order valence-corrected chi connectivity index (χ4v) is 7.16. The number of carbonyl (C=O) groups excluding carboxylic acids is 3. The lowest BCUT2D eigenvalue weighted by molar-refractivity contribution is -0.148. The van der Waals surface area contributed by atoms with Gasteiger partial charge in [-0.25, -0.2) is 0 Å². The lowest BCUT2D eigenvalue weighted by Crippen LogP contribution is -2.55. The highest BCUT2D eigenvalue weighted by atomic mass is 16.3. The van der Waals surface area contributed by atoms with Gasteiger partial charge in [0.15, 0.2) is 5.78 Å². The summed E-state index contributed by atoms with van der Waals surface area (Å²) in [5.41, 5.74) is 2.68. The predicted octanol–water partition coefficient (Wildman–Crippen LogP) is 3.96. The van der Waals surface area contributed by atoms with Crippen molar-refractivity contribution in [3.8, 4) is 0 Å². The van der Waals surface area contributed by atoms with Crippen LogP contribution in [0.25, 0.3) is 10.9 Å². The van der Waals surface area contributed by atoms with Crippen LogP contribution < -0.4 is 5.32 Å². The van der Waals surface area contributed by atoms with Crippen LogP contribution in [0.2, 0.25) is 0 Å². The van der Waals surface area contributed by atoms with E-state index in [4.69, 9.17) is 0 Å². The molecule has 0 saturated carbocycles. The third kappa shape index (κ3) is 4.42. The highest BCUT2D eigenvalue weighted by Crippen LogP contribution is 2.55. The van der Waals surface area contributed by atoms with Gasteiger partial charge in [-0.1, -0.05) is 48.9 Å². The Morgan fingerprint density at radius 1 is 1.03 bits per heavy atom. The number of amides is 1. The molecule has 7 atom stereocenters. The van der Waals surface area contributed by atoms with E-state index in [0.29, 0.717) is 18.4 Å². The summed E-state index contributed by atoms with van der Waals surface area (Å²) in [5, 5.41) is 26.3. The molecule has 1 spiro atoms. The summed E-state index contributed by atoms with van der Waals surface area (Å²) in [6.07, 6.45) is 6.07. The molecule has 1 aromatic heterocycles. The van der Waals surface area contributed by atoms with Gasteiger partial charge in [0.25, 0.3) is 0 Å². The second-order valence-electron chi connectivity index (χ2n) is 11.7. The number of aliphatic hydroxyl groups is 2. The van der Waals surface area contributed by atoms with Gasteiger partial charge in [0, 0.05) is 47.8 Å². The maximum Gasteiger partial charge on any atom is 0.235 e. The molecular weight excluding hydrogens is 492 g/mol. The first-order valence-electron chi connectivity index (χ1n) is 13.9. The van der Waals surface area contributed by atoms with Crippen molar-refractivity contribution in [2.45, 2.75) is 71.6 Å². The van der Waals surface area contributed by atoms with Crippen LogP contribution in [0.15, 0.2) is 65.4 Å². The Kier molecular flexibility index (Phi) is 7.25. The molecule has 2 heterocycles. The average molecular weight is 531 g/mol. The number of Topliss-reactive ketones (excluding diaryl/α,β-unsaturated/α-hetero) is 2. The van der Waals surface area contributed by atoms with Crippen LogP contribution >= 0.6 is 0 Å². The van der Waals surface area contributed by atoms with E-state index in [0.717, 1.165) is 27.6 Å². The Balaban J connectivity index is 1.61. The maximum absolute atomic E-state index is 14.2. The monoisotopic (exact) mass is 530 g/mol. The Hall–Kier alpha value is -3.29. The van der Waals surface area contributed by atoms with Gasteiger partial charge in [0.1, 0.15) is 17.3 Å². The number of para-hydroxylation sites is 1. The molecule has 5 rings (SSSR count). The number of aromatic amines is 1. The van der Waals surface area contributed by atoms with E-state index in [1.165, 1.54) is 0 Å². The second-order valence-corrected chi connectivity index (χ2v) is 11.7. The van der Waals surface area contributed by atoms with Crippen molar-refractivity contribution < 1.29 is 24.6 Å². The van der Waals surface area contributed by atoms with E-state index in [9.17, 15) is 24.6 Å². The Morgan fingerprint density at radius 3 is 2.54 bits per heavy atom. The number of ketones is 2. The van der Waals surface area contributed by atoms with Crippen LogP contribution in [-0.4, -0.2) is 50.9 Å². The molecule has 0 radical (unpaired) electrons. The largest absolute Gasteiger partial charge is 0.388 e. The fraction of sp³-hybridized carbons (Fsp3) is 0.469. The number of carbonyl (C=O) groups is 3. The minimum atomic E-state index is -1.54. The molecule has 7 heteroatoms. The van der Waals surface area contributed by atoms with Gasteiger partial charge in [-0.3, -0.25) is 14.4 Å². The van der Waals surface area contributed by atoms with E-state index >= 15 is 0 Å². The molecule has 1 amide bonds. The van der Waals surface area contributed by atoms with Crippen molar-refractivity contribution in [2.75, 3.05) is 0 Å². The first-order valence-corrected chi connectivity index (χ1v) is 13.9. The van der Waals surface area contributed by atoms with Gasteiger partial charge in [-0.2, -0.15) is 0 Å². The minimum absolute atomic E-state index is 0.0260. The van der Waals surface area contributed by atoms with Gasteiger partial charge >= 0.3 is 0 Å². The number of allylic oxidation sites excluding steroid dienone is 2. The summed E-state index contributed by atoms with van der Waals surface area (Å²) in [7, 11) is 0. The standard InChI is InChI=1S/C32H38N2O5/c1-17-8-7-10-23-30(38)20(4)19(3)28-25(15-21-16-33-24-11-6-5-9-22(21)24)34-31(39)32(23,28)27(36)13-12-26(35)29(37)18(2)14-17/h5-7,9-11,14,16-17,23,25,28-30,33,37-38H,8,12-13,15H2,1-4H3,(H,34,39)/b10-7+,18-14+/t17-,23?,25-,28-,29+,30+,32+/m0/s1. The van der Waals surface area contributed by atoms with Crippen molar-refractivity contribution in [3.05, 3.63) is 71.0 Å². The number of fused-ring (bicyclic) bond motifs is 1. The highest BCUT2D eigenvalue weighted by molar-refractivity contribution is 6.10. The second kappa shape index (κ2) is 10.4. The number of hydrogen-bond donors (Lipinski definition) is 4. The van der Waals surface area contributed by atoms with E-state index in [1.807, 2.05) is 69.5 Å². The van der Waals surface area contributed by atoms with Crippen LogP contribution in [0.4, 0.5) is 0 Å². The molecule has 1 fully saturated rings. The maximum atomic E-state index is 14.2. The topological polar surface area (TPSA) is 119 Å². The van der Waals surface area contributed by atoms with Crippen LogP contribution in [0.5, 0.6) is 0 Å². The first kappa shape index (κ1) is 27.3. The molecule has 2 aliphatic carbocycles. The number of aliphatic hydroxyl groups excluding tert-OH is 2. The van der Waals surface area contributed by atoms with Crippen molar-refractivity contribution in [3.63, 3.8) is 0 Å². The number of rotatable bonds is 2. The molecule has 0 bridgehead atoms. The Bertz CT molecular complexity index is 1410. The van der Waals surface area contributed by atoms with Gasteiger partial charge < -0.3 is 20.5 Å². The summed E-state index contributed by atoms with van der Waals surface area (Å²) in [6, 6.07) is 7.62. The van der Waals surface area contributed by atoms with E-state index < -0.39 is 41.1 Å². The average Bonchev–Trinajstić information content (AvgIpc) is 3.45. The van der Waals surface area contributed by atoms with Crippen molar-refractivity contribution in [2.24, 2.45) is 23.2 Å². The van der Waals surface area contributed by atoms with Crippen LogP contribution in [0.3, 0.4) is 0 Å². The molecule has 1 saturated heterocycles. The third-order valence-corrected chi connectivity index (χ3v) is 9.29. The number of aromatic nitrogens is 1. The highest BCUT2D eigenvalue weighted by Gasteiger charge is 2.66. The van der Waals surface area contributed by atoms with Crippen LogP contribution in [0.1, 0.15) is 52.5 Å². The smallest absolute Gasteiger partial charge is 0.235 e. The van der Waals surface area contributed by atoms with Crippen molar-refractivity contribution in [1.82, 2.24) is 10.3 Å². The normalized spacial score (nSPS) is 36.3. The summed E-state index contributed by atoms with van der Waals surface area (Å²) in [5.74, 6) is -2.40. The number of nitrogens with one attached hydrogen (secondary N) is 2. The van der Waals surface area contributed by atoms with Crippen molar-refractivity contribution in [1.29, 1.82) is 0 Å². The van der Waals surface area contributed by atoms with Gasteiger partial charge in [-0.15, -0.1) is 0 Å². The Morgan fingerprint density at radius 2 is 1.77 bits per heavy atom. The molecule has 7 nitrogen and oxygen atoms in total. The number of hydrogen-bond acceptors (Lipinski definition) is 5. The lowest BCUT2D eigenvalue weighted by Gasteiger charge is -2.46. The molecule has 1 aromatic carbocycles. The predicted molar refractivity (Wildman–Crippen MR) is 150 cm³/mol. The Labute approximate surface area is 229 Å². The SMILES string of the molecule is CC1=C(C)[C@H]2[C@H](Cc3c[nH]c4ccccc34)NC(=O)[C@]23C(=O)CCC(=O)[C@H](O)/C(C)=C/[C@@H](C)C/C=C/C3[C@@H]1O. The van der Waals surface area contributed by atoms with Gasteiger partial charge in [0.2, 0.25) is 5.91 Å². The number of H-pyrrole nitrogens is 1. The van der Waals surface area contributed by atoms with E-state index in [-0.39, 0.29) is 30.6 Å². The van der Waals surface area contributed by atoms with Crippen LogP contribution in [0, 0.1) is 23.2 Å². The zero-order chi connectivity index (χ0) is 28.1. The molecular formula is C32H38N2O5. The van der Waals surface area contributed by atoms with Gasteiger partial charge in [-0.05, 0) is 62.3 Å². The molecule has 2 aromatic rings. The molecule has 206 valence electrons. The molecule has 3 aliphatic rings. The molecule has 1 aliphatic heterocycles.